The van der Waals surface area contributed by atoms with Crippen molar-refractivity contribution in [2.45, 2.75) is 19.8 Å². The van der Waals surface area contributed by atoms with E-state index in [1.807, 2.05) is 13.0 Å². The molecule has 0 fully saturated rings. The summed E-state index contributed by atoms with van der Waals surface area (Å²) in [5.41, 5.74) is 0.622. The Labute approximate surface area is 118 Å². The van der Waals surface area contributed by atoms with E-state index >= 15 is 0 Å². The van der Waals surface area contributed by atoms with E-state index in [0.29, 0.717) is 23.7 Å². The van der Waals surface area contributed by atoms with E-state index in [-0.39, 0.29) is 11.6 Å². The van der Waals surface area contributed by atoms with Crippen LogP contribution in [-0.4, -0.2) is 26.8 Å². The lowest BCUT2D eigenvalue weighted by molar-refractivity contribution is 0.252. The Kier molecular flexibility index (Phi) is 6.17. The minimum atomic E-state index is -0.345. The van der Waals surface area contributed by atoms with Crippen LogP contribution in [0.3, 0.4) is 0 Å². The maximum atomic E-state index is 11.7. The highest BCUT2D eigenvalue weighted by molar-refractivity contribution is 5.91. The van der Waals surface area contributed by atoms with Crippen molar-refractivity contribution in [2.75, 3.05) is 26.1 Å². The summed E-state index contributed by atoms with van der Waals surface area (Å²) in [6, 6.07) is 4.92. The quantitative estimate of drug-likeness (QED) is 0.782. The molecule has 0 bridgehead atoms. The molecule has 0 heterocycles. The molecule has 1 aromatic carbocycles. The number of anilines is 1. The third kappa shape index (κ3) is 3.79. The number of rotatable bonds is 6. The molecule has 0 radical (unpaired) electrons. The fourth-order valence-electron chi connectivity index (χ4n) is 1.69. The SMILES string of the molecule is CCCCNC(=O)Nc1ccc(OC)c(OC)c1C#N. The first kappa shape index (κ1) is 15.6. The van der Waals surface area contributed by atoms with Gasteiger partial charge >= 0.3 is 6.03 Å². The minimum absolute atomic E-state index is 0.234. The molecule has 0 unspecified atom stereocenters. The van der Waals surface area contributed by atoms with Crippen LogP contribution in [0.15, 0.2) is 12.1 Å². The van der Waals surface area contributed by atoms with E-state index in [1.165, 1.54) is 14.2 Å². The molecule has 0 aliphatic rings. The Morgan fingerprint density at radius 2 is 2.10 bits per heavy atom. The normalized spacial score (nSPS) is 9.50. The summed E-state index contributed by atoms with van der Waals surface area (Å²) in [4.78, 5) is 11.7. The lowest BCUT2D eigenvalue weighted by Crippen LogP contribution is -2.29. The smallest absolute Gasteiger partial charge is 0.319 e. The van der Waals surface area contributed by atoms with Gasteiger partial charge in [0.2, 0.25) is 0 Å². The summed E-state index contributed by atoms with van der Waals surface area (Å²) in [5.74, 6) is 0.752. The Hall–Kier alpha value is -2.42. The largest absolute Gasteiger partial charge is 0.493 e. The van der Waals surface area contributed by atoms with Gasteiger partial charge in [0.05, 0.1) is 19.9 Å². The van der Waals surface area contributed by atoms with Gasteiger partial charge in [-0.25, -0.2) is 4.79 Å². The number of carbonyl (C=O) groups excluding carboxylic acids is 1. The molecule has 1 rings (SSSR count). The first-order valence-electron chi connectivity index (χ1n) is 6.37. The third-order valence-corrected chi connectivity index (χ3v) is 2.72. The average Bonchev–Trinajstić information content (AvgIpc) is 2.46. The van der Waals surface area contributed by atoms with Crippen LogP contribution in [0.25, 0.3) is 0 Å². The summed E-state index contributed by atoms with van der Waals surface area (Å²) >= 11 is 0. The lowest BCUT2D eigenvalue weighted by Gasteiger charge is -2.13. The molecular formula is C14H19N3O3. The second-order valence-electron chi connectivity index (χ2n) is 4.07. The van der Waals surface area contributed by atoms with E-state index in [4.69, 9.17) is 9.47 Å². The zero-order valence-corrected chi connectivity index (χ0v) is 11.9. The highest BCUT2D eigenvalue weighted by Crippen LogP contribution is 2.35. The van der Waals surface area contributed by atoms with Crippen molar-refractivity contribution in [2.24, 2.45) is 0 Å². The third-order valence-electron chi connectivity index (χ3n) is 2.72. The van der Waals surface area contributed by atoms with Crippen molar-refractivity contribution in [3.63, 3.8) is 0 Å². The number of benzene rings is 1. The van der Waals surface area contributed by atoms with Gasteiger partial charge in [0.15, 0.2) is 11.5 Å². The molecule has 20 heavy (non-hydrogen) atoms. The molecule has 6 heteroatoms. The van der Waals surface area contributed by atoms with Crippen LogP contribution in [0.5, 0.6) is 11.5 Å². The van der Waals surface area contributed by atoms with Crippen molar-refractivity contribution in [1.82, 2.24) is 5.32 Å². The molecule has 0 atom stereocenters. The fraction of sp³-hybridized carbons (Fsp3) is 0.429. The predicted octanol–water partition coefficient (Wildman–Crippen LogP) is 2.50. The molecule has 108 valence electrons. The van der Waals surface area contributed by atoms with Crippen LogP contribution in [0.1, 0.15) is 25.3 Å². The number of hydrogen-bond donors (Lipinski definition) is 2. The Balaban J connectivity index is 2.90. The lowest BCUT2D eigenvalue weighted by atomic mass is 10.1. The fourth-order valence-corrected chi connectivity index (χ4v) is 1.69. The number of hydrogen-bond acceptors (Lipinski definition) is 4. The molecular weight excluding hydrogens is 258 g/mol. The molecule has 0 saturated carbocycles. The van der Waals surface area contributed by atoms with Gasteiger partial charge in [0, 0.05) is 6.54 Å². The van der Waals surface area contributed by atoms with Gasteiger partial charge in [0.1, 0.15) is 11.6 Å². The van der Waals surface area contributed by atoms with Crippen LogP contribution in [0, 0.1) is 11.3 Å². The van der Waals surface area contributed by atoms with Gasteiger partial charge in [-0.3, -0.25) is 0 Å². The maximum Gasteiger partial charge on any atom is 0.319 e. The number of methoxy groups -OCH3 is 2. The number of urea groups is 1. The molecule has 0 aromatic heterocycles. The van der Waals surface area contributed by atoms with Crippen molar-refractivity contribution in [3.05, 3.63) is 17.7 Å². The Bertz CT molecular complexity index is 509. The van der Waals surface area contributed by atoms with Gasteiger partial charge in [-0.05, 0) is 18.6 Å². The summed E-state index contributed by atoms with van der Waals surface area (Å²) in [5, 5.41) is 14.6. The molecule has 2 amide bonds. The molecule has 1 aromatic rings. The van der Waals surface area contributed by atoms with E-state index in [0.717, 1.165) is 12.8 Å². The number of amides is 2. The second kappa shape index (κ2) is 7.89. The van der Waals surface area contributed by atoms with Gasteiger partial charge in [0.25, 0.3) is 0 Å². The topological polar surface area (TPSA) is 83.4 Å². The van der Waals surface area contributed by atoms with Gasteiger partial charge in [-0.15, -0.1) is 0 Å². The number of nitrogens with one attached hydrogen (secondary N) is 2. The van der Waals surface area contributed by atoms with E-state index in [1.54, 1.807) is 12.1 Å². The summed E-state index contributed by atoms with van der Waals surface area (Å²) in [7, 11) is 2.94. The number of unbranched alkanes of at least 4 members (excludes halogenated alkanes) is 1. The van der Waals surface area contributed by atoms with Crippen molar-refractivity contribution >= 4 is 11.7 Å². The summed E-state index contributed by atoms with van der Waals surface area (Å²) < 4.78 is 10.3. The monoisotopic (exact) mass is 277 g/mol. The van der Waals surface area contributed by atoms with Crippen LogP contribution in [0.2, 0.25) is 0 Å². The van der Waals surface area contributed by atoms with Gasteiger partial charge < -0.3 is 20.1 Å². The van der Waals surface area contributed by atoms with E-state index in [2.05, 4.69) is 10.6 Å². The Morgan fingerprint density at radius 1 is 1.35 bits per heavy atom. The first-order chi connectivity index (χ1) is 9.67. The number of carbonyl (C=O) groups is 1. The van der Waals surface area contributed by atoms with Gasteiger partial charge in [-0.2, -0.15) is 5.26 Å². The molecule has 0 aliphatic heterocycles. The van der Waals surface area contributed by atoms with Crippen molar-refractivity contribution in [3.8, 4) is 17.6 Å². The number of ether oxygens (including phenoxy) is 2. The zero-order valence-electron chi connectivity index (χ0n) is 11.9. The van der Waals surface area contributed by atoms with Crippen LogP contribution >= 0.6 is 0 Å². The number of nitrogens with zero attached hydrogens (tertiary/aromatic N) is 1. The standard InChI is InChI=1S/C14H19N3O3/c1-4-5-8-16-14(18)17-11-6-7-12(19-2)13(20-3)10(11)9-15/h6-7H,4-5,8H2,1-3H3,(H2,16,17,18). The van der Waals surface area contributed by atoms with E-state index in [9.17, 15) is 10.1 Å². The molecule has 2 N–H and O–H groups in total. The summed E-state index contributed by atoms with van der Waals surface area (Å²) in [6.45, 7) is 2.64. The van der Waals surface area contributed by atoms with Crippen LogP contribution in [-0.2, 0) is 0 Å². The summed E-state index contributed by atoms with van der Waals surface area (Å²) in [6.07, 6.45) is 1.91. The maximum absolute atomic E-state index is 11.7. The zero-order chi connectivity index (χ0) is 15.0. The predicted molar refractivity (Wildman–Crippen MR) is 76.2 cm³/mol. The molecule has 0 saturated heterocycles. The van der Waals surface area contributed by atoms with E-state index < -0.39 is 0 Å². The van der Waals surface area contributed by atoms with Gasteiger partial charge in [-0.1, -0.05) is 13.3 Å². The molecule has 0 aliphatic carbocycles. The highest BCUT2D eigenvalue weighted by Gasteiger charge is 2.16. The Morgan fingerprint density at radius 3 is 2.65 bits per heavy atom. The minimum Gasteiger partial charge on any atom is -0.493 e. The van der Waals surface area contributed by atoms with Crippen molar-refractivity contribution in [1.29, 1.82) is 5.26 Å². The highest BCUT2D eigenvalue weighted by atomic mass is 16.5. The van der Waals surface area contributed by atoms with Crippen LogP contribution < -0.4 is 20.1 Å². The second-order valence-corrected chi connectivity index (χ2v) is 4.07. The number of nitriles is 1. The molecule has 6 nitrogen and oxygen atoms in total. The first-order valence-corrected chi connectivity index (χ1v) is 6.37. The average molecular weight is 277 g/mol. The molecule has 0 spiro atoms. The van der Waals surface area contributed by atoms with Crippen LogP contribution in [0.4, 0.5) is 10.5 Å². The van der Waals surface area contributed by atoms with Crippen molar-refractivity contribution < 1.29 is 14.3 Å².